The van der Waals surface area contributed by atoms with Gasteiger partial charge in [-0.1, -0.05) is 0 Å². The topological polar surface area (TPSA) is 80.3 Å². The molecule has 0 spiro atoms. The van der Waals surface area contributed by atoms with E-state index in [0.29, 0.717) is 10.9 Å². The van der Waals surface area contributed by atoms with Crippen molar-refractivity contribution in [2.45, 2.75) is 6.92 Å². The molecule has 1 aromatic carbocycles. The molecule has 0 saturated carbocycles. The quantitative estimate of drug-likeness (QED) is 0.377. The van der Waals surface area contributed by atoms with Crippen molar-refractivity contribution in [3.63, 3.8) is 0 Å². The Morgan fingerprint density at radius 3 is 2.81 bits per heavy atom. The molecular formula is C11H13N3O2. The molecule has 16 heavy (non-hydrogen) atoms. The van der Waals surface area contributed by atoms with Gasteiger partial charge in [-0.2, -0.15) is 0 Å². The number of aromatic nitrogens is 1. The molecule has 0 fully saturated rings. The van der Waals surface area contributed by atoms with Gasteiger partial charge in [0.2, 0.25) is 0 Å². The van der Waals surface area contributed by atoms with Gasteiger partial charge < -0.3 is 9.67 Å². The Labute approximate surface area is 92.4 Å². The first-order chi connectivity index (χ1) is 7.56. The zero-order valence-electron chi connectivity index (χ0n) is 9.11. The maximum Gasteiger partial charge on any atom is 0.267 e. The lowest BCUT2D eigenvalue weighted by Crippen LogP contribution is -2.30. The number of carbonyl (C=O) groups is 1. The number of nitrogens with one attached hydrogen (secondary N) is 1. The number of carbonyl (C=O) groups excluding carboxylic acids is 1. The third-order valence-electron chi connectivity index (χ3n) is 2.83. The predicted octanol–water partition coefficient (Wildman–Crippen LogP) is 0.796. The fourth-order valence-electron chi connectivity index (χ4n) is 1.92. The van der Waals surface area contributed by atoms with Crippen LogP contribution in [0.1, 0.15) is 16.1 Å². The largest absolute Gasteiger partial charge is 0.508 e. The highest BCUT2D eigenvalue weighted by Gasteiger charge is 2.17. The van der Waals surface area contributed by atoms with Gasteiger partial charge in [-0.3, -0.25) is 10.2 Å². The highest BCUT2D eigenvalue weighted by atomic mass is 16.3. The zero-order chi connectivity index (χ0) is 11.9. The van der Waals surface area contributed by atoms with E-state index in [1.165, 1.54) is 0 Å². The van der Waals surface area contributed by atoms with Crippen LogP contribution < -0.4 is 11.3 Å². The van der Waals surface area contributed by atoms with Gasteiger partial charge in [0.1, 0.15) is 5.75 Å². The van der Waals surface area contributed by atoms with Gasteiger partial charge in [0.15, 0.2) is 0 Å². The number of hydrazine groups is 1. The summed E-state index contributed by atoms with van der Waals surface area (Å²) in [7, 11) is 1.86. The monoisotopic (exact) mass is 219 g/mol. The van der Waals surface area contributed by atoms with Crippen molar-refractivity contribution in [1.82, 2.24) is 9.99 Å². The Kier molecular flexibility index (Phi) is 2.32. The van der Waals surface area contributed by atoms with Gasteiger partial charge in [-0.15, -0.1) is 0 Å². The number of phenolic OH excluding ortho intramolecular Hbond substituents is 1. The van der Waals surface area contributed by atoms with Gasteiger partial charge in [-0.05, 0) is 25.1 Å². The maximum absolute atomic E-state index is 11.6. The van der Waals surface area contributed by atoms with Crippen LogP contribution in [0.4, 0.5) is 0 Å². The molecule has 0 saturated heterocycles. The van der Waals surface area contributed by atoms with Crippen LogP contribution in [0, 0.1) is 6.92 Å². The number of fused-ring (bicyclic) bond motifs is 1. The van der Waals surface area contributed by atoms with Crippen LogP contribution in [-0.2, 0) is 7.05 Å². The minimum atomic E-state index is -0.353. The van der Waals surface area contributed by atoms with Crippen molar-refractivity contribution in [3.8, 4) is 5.75 Å². The normalized spacial score (nSPS) is 10.7. The van der Waals surface area contributed by atoms with Crippen LogP contribution in [-0.4, -0.2) is 15.6 Å². The summed E-state index contributed by atoms with van der Waals surface area (Å²) in [6.45, 7) is 1.83. The third kappa shape index (κ3) is 1.33. The molecule has 0 aliphatic carbocycles. The van der Waals surface area contributed by atoms with Crippen LogP contribution in [0.25, 0.3) is 10.9 Å². The second-order valence-electron chi connectivity index (χ2n) is 3.69. The molecule has 1 heterocycles. The first-order valence-electron chi connectivity index (χ1n) is 4.85. The number of rotatable bonds is 1. The number of hydrogen-bond donors (Lipinski definition) is 3. The highest BCUT2D eigenvalue weighted by molar-refractivity contribution is 6.08. The minimum absolute atomic E-state index is 0.129. The van der Waals surface area contributed by atoms with E-state index in [1.807, 2.05) is 18.5 Å². The number of phenols is 1. The lowest BCUT2D eigenvalue weighted by atomic mass is 10.1. The number of hydrogen-bond acceptors (Lipinski definition) is 3. The first-order valence-corrected chi connectivity index (χ1v) is 4.85. The zero-order valence-corrected chi connectivity index (χ0v) is 9.11. The van der Waals surface area contributed by atoms with E-state index in [0.717, 1.165) is 11.2 Å². The number of aromatic hydroxyl groups is 1. The average Bonchev–Trinajstić information content (AvgIpc) is 2.51. The van der Waals surface area contributed by atoms with Gasteiger partial charge >= 0.3 is 0 Å². The Morgan fingerprint density at radius 1 is 1.50 bits per heavy atom. The summed E-state index contributed by atoms with van der Waals surface area (Å²) in [4.78, 5) is 11.6. The molecule has 0 radical (unpaired) electrons. The summed E-state index contributed by atoms with van der Waals surface area (Å²) in [6.07, 6.45) is 0. The van der Waals surface area contributed by atoms with E-state index in [4.69, 9.17) is 5.84 Å². The second kappa shape index (κ2) is 3.53. The van der Waals surface area contributed by atoms with Crippen LogP contribution in [0.15, 0.2) is 18.2 Å². The van der Waals surface area contributed by atoms with E-state index in [-0.39, 0.29) is 11.7 Å². The van der Waals surface area contributed by atoms with Crippen LogP contribution >= 0.6 is 0 Å². The van der Waals surface area contributed by atoms with E-state index < -0.39 is 0 Å². The van der Waals surface area contributed by atoms with Crippen molar-refractivity contribution in [2.24, 2.45) is 12.9 Å². The molecule has 4 N–H and O–H groups in total. The Bertz CT molecular complexity index is 572. The van der Waals surface area contributed by atoms with Crippen molar-refractivity contribution < 1.29 is 9.90 Å². The van der Waals surface area contributed by atoms with Crippen LogP contribution in [0.5, 0.6) is 5.75 Å². The molecular weight excluding hydrogens is 206 g/mol. The fraction of sp³-hybridized carbons (Fsp3) is 0.182. The number of nitrogens with zero attached hydrogens (tertiary/aromatic N) is 1. The Balaban J connectivity index is 2.85. The molecule has 1 aromatic heterocycles. The second-order valence-corrected chi connectivity index (χ2v) is 3.69. The predicted molar refractivity (Wildman–Crippen MR) is 61.0 cm³/mol. The first kappa shape index (κ1) is 10.5. The smallest absolute Gasteiger partial charge is 0.267 e. The Hall–Kier alpha value is -2.01. The minimum Gasteiger partial charge on any atom is -0.508 e. The van der Waals surface area contributed by atoms with Crippen LogP contribution in [0.2, 0.25) is 0 Å². The van der Waals surface area contributed by atoms with Crippen molar-refractivity contribution >= 4 is 16.8 Å². The average molecular weight is 219 g/mol. The van der Waals surface area contributed by atoms with E-state index in [1.54, 1.807) is 18.2 Å². The Morgan fingerprint density at radius 2 is 2.19 bits per heavy atom. The number of nitrogens with two attached hydrogens (primary N) is 1. The van der Waals surface area contributed by atoms with E-state index in [2.05, 4.69) is 5.43 Å². The lowest BCUT2D eigenvalue weighted by molar-refractivity contribution is 0.0954. The molecule has 1 amide bonds. The fourth-order valence-corrected chi connectivity index (χ4v) is 1.92. The summed E-state index contributed by atoms with van der Waals surface area (Å²) in [5.41, 5.74) is 4.30. The molecule has 5 nitrogen and oxygen atoms in total. The lowest BCUT2D eigenvalue weighted by Gasteiger charge is -2.00. The molecule has 84 valence electrons. The summed E-state index contributed by atoms with van der Waals surface area (Å²) in [5, 5.41) is 10.1. The number of aryl methyl sites for hydroxylation is 1. The van der Waals surface area contributed by atoms with Crippen molar-refractivity contribution in [3.05, 3.63) is 29.5 Å². The number of nitrogen functional groups attached to an aromatic ring is 1. The van der Waals surface area contributed by atoms with Crippen LogP contribution in [0.3, 0.4) is 0 Å². The molecule has 0 aliphatic rings. The van der Waals surface area contributed by atoms with Gasteiger partial charge in [0, 0.05) is 23.6 Å². The molecule has 0 aliphatic heterocycles. The van der Waals surface area contributed by atoms with Gasteiger partial charge in [-0.25, -0.2) is 5.84 Å². The molecule has 0 bridgehead atoms. The maximum atomic E-state index is 11.6. The molecule has 5 heteroatoms. The SMILES string of the molecule is Cc1c(C(=O)NN)c2cc(O)ccc2n1C. The van der Waals surface area contributed by atoms with E-state index in [9.17, 15) is 9.90 Å². The summed E-state index contributed by atoms with van der Waals surface area (Å²) < 4.78 is 1.89. The summed E-state index contributed by atoms with van der Waals surface area (Å²) in [6, 6.07) is 4.92. The number of benzene rings is 1. The summed E-state index contributed by atoms with van der Waals surface area (Å²) >= 11 is 0. The molecule has 2 rings (SSSR count). The highest BCUT2D eigenvalue weighted by Crippen LogP contribution is 2.27. The van der Waals surface area contributed by atoms with Crippen molar-refractivity contribution in [1.29, 1.82) is 0 Å². The molecule has 2 aromatic rings. The number of amides is 1. The van der Waals surface area contributed by atoms with Crippen molar-refractivity contribution in [2.75, 3.05) is 0 Å². The van der Waals surface area contributed by atoms with Gasteiger partial charge in [0.05, 0.1) is 5.56 Å². The van der Waals surface area contributed by atoms with Gasteiger partial charge in [0.25, 0.3) is 5.91 Å². The van der Waals surface area contributed by atoms with E-state index >= 15 is 0 Å². The summed E-state index contributed by atoms with van der Waals surface area (Å²) in [5.74, 6) is 4.92. The standard InChI is InChI=1S/C11H13N3O2/c1-6-10(11(16)13-12)8-5-7(15)3-4-9(8)14(6)2/h3-5,15H,12H2,1-2H3,(H,13,16). The third-order valence-corrected chi connectivity index (χ3v) is 2.83. The molecule has 0 atom stereocenters. The molecule has 0 unspecified atom stereocenters.